The summed E-state index contributed by atoms with van der Waals surface area (Å²) < 4.78 is 0. The van der Waals surface area contributed by atoms with Gasteiger partial charge in [0.25, 0.3) is 5.91 Å². The molecule has 0 saturated heterocycles. The van der Waals surface area contributed by atoms with Gasteiger partial charge in [-0.1, -0.05) is 36.4 Å². The second kappa shape index (κ2) is 11.2. The summed E-state index contributed by atoms with van der Waals surface area (Å²) in [7, 11) is 0. The van der Waals surface area contributed by atoms with Crippen LogP contribution in [0.3, 0.4) is 0 Å². The van der Waals surface area contributed by atoms with E-state index in [2.05, 4.69) is 34.0 Å². The summed E-state index contributed by atoms with van der Waals surface area (Å²) in [5.41, 5.74) is 1.70. The maximum atomic E-state index is 11.7. The van der Waals surface area contributed by atoms with E-state index in [-0.39, 0.29) is 5.91 Å². The lowest BCUT2D eigenvalue weighted by Crippen LogP contribution is -2.25. The molecule has 116 valence electrons. The van der Waals surface area contributed by atoms with Crippen molar-refractivity contribution in [2.75, 3.05) is 6.54 Å². The summed E-state index contributed by atoms with van der Waals surface area (Å²) in [6.45, 7) is 5.92. The van der Waals surface area contributed by atoms with Gasteiger partial charge in [-0.2, -0.15) is 0 Å². The highest BCUT2D eigenvalue weighted by atomic mass is 16.1. The van der Waals surface area contributed by atoms with Crippen LogP contribution in [0.1, 0.15) is 35.8 Å². The van der Waals surface area contributed by atoms with Crippen molar-refractivity contribution < 1.29 is 4.79 Å². The molecule has 2 rings (SSSR count). The number of aryl methyl sites for hydroxylation is 1. The van der Waals surface area contributed by atoms with Crippen molar-refractivity contribution in [1.29, 1.82) is 0 Å². The van der Waals surface area contributed by atoms with E-state index in [0.717, 1.165) is 19.3 Å². The third-order valence-corrected chi connectivity index (χ3v) is 2.82. The molecule has 0 bridgehead atoms. The maximum absolute atomic E-state index is 11.7. The zero-order valence-electron chi connectivity index (χ0n) is 13.0. The fraction of sp³-hybridized carbons (Fsp3) is 0.278. The lowest BCUT2D eigenvalue weighted by Gasteiger charge is -2.04. The molecule has 0 aliphatic carbocycles. The standard InChI is InChI=1S/C15H17N3O.C3H6/c19-15(14-12-16-10-11-17-14)18-9-5-4-8-13-6-2-1-3-7-13;1-3-2/h1-3,6-7,10-12H,4-5,8-9H2,(H,18,19);3H,1H2,2H3. The number of carbonyl (C=O) groups excluding carboxylic acids is 1. The van der Waals surface area contributed by atoms with Crippen molar-refractivity contribution in [3.8, 4) is 0 Å². The number of hydrogen-bond acceptors (Lipinski definition) is 3. The highest BCUT2D eigenvalue weighted by Crippen LogP contribution is 2.03. The average Bonchev–Trinajstić information content (AvgIpc) is 2.57. The van der Waals surface area contributed by atoms with Crippen molar-refractivity contribution in [2.45, 2.75) is 26.2 Å². The molecule has 0 fully saturated rings. The van der Waals surface area contributed by atoms with Crippen molar-refractivity contribution in [1.82, 2.24) is 15.3 Å². The minimum absolute atomic E-state index is 0.159. The van der Waals surface area contributed by atoms with E-state index >= 15 is 0 Å². The lowest BCUT2D eigenvalue weighted by atomic mass is 10.1. The van der Waals surface area contributed by atoms with Gasteiger partial charge in [-0.15, -0.1) is 6.58 Å². The first-order valence-electron chi connectivity index (χ1n) is 7.43. The van der Waals surface area contributed by atoms with Crippen LogP contribution in [0.25, 0.3) is 0 Å². The smallest absolute Gasteiger partial charge is 0.271 e. The molecular formula is C18H23N3O. The minimum atomic E-state index is -0.159. The Labute approximate surface area is 132 Å². The molecule has 22 heavy (non-hydrogen) atoms. The zero-order chi connectivity index (χ0) is 16.0. The Morgan fingerprint density at radius 2 is 1.95 bits per heavy atom. The van der Waals surface area contributed by atoms with Crippen molar-refractivity contribution in [3.63, 3.8) is 0 Å². The Morgan fingerprint density at radius 3 is 2.59 bits per heavy atom. The first-order valence-corrected chi connectivity index (χ1v) is 7.43. The lowest BCUT2D eigenvalue weighted by molar-refractivity contribution is 0.0947. The number of allylic oxidation sites excluding steroid dienone is 1. The summed E-state index contributed by atoms with van der Waals surface area (Å²) in [5.74, 6) is -0.159. The molecule has 0 atom stereocenters. The molecule has 1 aromatic heterocycles. The van der Waals surface area contributed by atoms with Gasteiger partial charge in [0, 0.05) is 18.9 Å². The number of nitrogens with zero attached hydrogens (tertiary/aromatic N) is 2. The number of rotatable bonds is 6. The monoisotopic (exact) mass is 297 g/mol. The molecule has 2 aromatic rings. The van der Waals surface area contributed by atoms with Gasteiger partial charge in [0.2, 0.25) is 0 Å². The summed E-state index contributed by atoms with van der Waals surface area (Å²) in [4.78, 5) is 19.5. The van der Waals surface area contributed by atoms with Gasteiger partial charge in [-0.05, 0) is 31.7 Å². The molecule has 4 nitrogen and oxygen atoms in total. The Kier molecular flexibility index (Phi) is 8.94. The van der Waals surface area contributed by atoms with E-state index in [1.807, 2.05) is 25.1 Å². The first kappa shape index (κ1) is 17.6. The molecular weight excluding hydrogens is 274 g/mol. The molecule has 0 saturated carbocycles. The van der Waals surface area contributed by atoms with E-state index in [0.29, 0.717) is 12.2 Å². The van der Waals surface area contributed by atoms with Gasteiger partial charge < -0.3 is 5.32 Å². The second-order valence-corrected chi connectivity index (χ2v) is 4.70. The predicted octanol–water partition coefficient (Wildman–Crippen LogP) is 3.42. The molecule has 0 radical (unpaired) electrons. The molecule has 1 heterocycles. The van der Waals surface area contributed by atoms with Crippen LogP contribution in [0.15, 0.2) is 61.6 Å². The van der Waals surface area contributed by atoms with Crippen molar-refractivity contribution in [3.05, 3.63) is 72.8 Å². The van der Waals surface area contributed by atoms with Crippen LogP contribution >= 0.6 is 0 Å². The van der Waals surface area contributed by atoms with Crippen LogP contribution in [0.2, 0.25) is 0 Å². The Morgan fingerprint density at radius 1 is 1.23 bits per heavy atom. The van der Waals surface area contributed by atoms with Crippen LogP contribution in [0.4, 0.5) is 0 Å². The van der Waals surface area contributed by atoms with Gasteiger partial charge in [0.05, 0.1) is 6.20 Å². The molecule has 0 aliphatic rings. The number of amides is 1. The SMILES string of the molecule is C=CC.O=C(NCCCCc1ccccc1)c1cnccn1. The fourth-order valence-electron chi connectivity index (χ4n) is 1.81. The van der Waals surface area contributed by atoms with Gasteiger partial charge in [-0.25, -0.2) is 4.98 Å². The van der Waals surface area contributed by atoms with E-state index in [1.165, 1.54) is 18.0 Å². The number of carbonyl (C=O) groups is 1. The second-order valence-electron chi connectivity index (χ2n) is 4.70. The van der Waals surface area contributed by atoms with Crippen LogP contribution in [-0.4, -0.2) is 22.4 Å². The Hall–Kier alpha value is -2.49. The highest BCUT2D eigenvalue weighted by molar-refractivity contribution is 5.91. The van der Waals surface area contributed by atoms with E-state index < -0.39 is 0 Å². The van der Waals surface area contributed by atoms with E-state index in [9.17, 15) is 4.79 Å². The summed E-state index contributed by atoms with van der Waals surface area (Å²) in [5, 5.41) is 2.84. The average molecular weight is 297 g/mol. The van der Waals surface area contributed by atoms with Crippen molar-refractivity contribution >= 4 is 5.91 Å². The van der Waals surface area contributed by atoms with Crippen LogP contribution in [0.5, 0.6) is 0 Å². The minimum Gasteiger partial charge on any atom is -0.351 e. The topological polar surface area (TPSA) is 54.9 Å². The number of benzene rings is 1. The molecule has 0 spiro atoms. The molecule has 4 heteroatoms. The molecule has 1 aromatic carbocycles. The number of unbranched alkanes of at least 4 members (excludes halogenated alkanes) is 1. The first-order chi connectivity index (χ1) is 10.8. The van der Waals surface area contributed by atoms with Crippen LogP contribution < -0.4 is 5.32 Å². The van der Waals surface area contributed by atoms with Gasteiger partial charge in [0.1, 0.15) is 5.69 Å². The normalized spacial score (nSPS) is 9.32. The van der Waals surface area contributed by atoms with Crippen molar-refractivity contribution in [2.24, 2.45) is 0 Å². The largest absolute Gasteiger partial charge is 0.351 e. The number of nitrogens with one attached hydrogen (secondary N) is 1. The molecule has 1 amide bonds. The molecule has 0 unspecified atom stereocenters. The van der Waals surface area contributed by atoms with Gasteiger partial charge in [0.15, 0.2) is 0 Å². The van der Waals surface area contributed by atoms with E-state index in [1.54, 1.807) is 12.3 Å². The molecule has 0 aliphatic heterocycles. The van der Waals surface area contributed by atoms with E-state index in [4.69, 9.17) is 0 Å². The summed E-state index contributed by atoms with van der Waals surface area (Å²) >= 11 is 0. The Balaban J connectivity index is 0.000000745. The van der Waals surface area contributed by atoms with Gasteiger partial charge in [-0.3, -0.25) is 9.78 Å². The third-order valence-electron chi connectivity index (χ3n) is 2.82. The molecule has 1 N–H and O–H groups in total. The number of aromatic nitrogens is 2. The van der Waals surface area contributed by atoms with Crippen LogP contribution in [0, 0.1) is 0 Å². The summed E-state index contributed by atoms with van der Waals surface area (Å²) in [6, 6.07) is 10.4. The fourth-order valence-corrected chi connectivity index (χ4v) is 1.81. The zero-order valence-corrected chi connectivity index (χ0v) is 13.0. The Bertz CT molecular complexity index is 541. The predicted molar refractivity (Wildman–Crippen MR) is 89.6 cm³/mol. The number of hydrogen-bond donors (Lipinski definition) is 1. The quantitative estimate of drug-likeness (QED) is 0.656. The maximum Gasteiger partial charge on any atom is 0.271 e. The van der Waals surface area contributed by atoms with Crippen LogP contribution in [-0.2, 0) is 6.42 Å². The van der Waals surface area contributed by atoms with Gasteiger partial charge >= 0.3 is 0 Å². The third kappa shape index (κ3) is 7.33. The highest BCUT2D eigenvalue weighted by Gasteiger charge is 2.04. The summed E-state index contributed by atoms with van der Waals surface area (Å²) in [6.07, 6.45) is 9.35.